The molecular weight excluding hydrogens is 369 g/mol. The summed E-state index contributed by atoms with van der Waals surface area (Å²) in [6, 6.07) is 2.83. The summed E-state index contributed by atoms with van der Waals surface area (Å²) in [5, 5.41) is 0. The molecule has 0 saturated carbocycles. The van der Waals surface area contributed by atoms with Crippen molar-refractivity contribution < 1.29 is 22.6 Å². The SMILES string of the molecule is FC(F)(F)C(Br)c1cc2c(cc1Br)OCCO2. The van der Waals surface area contributed by atoms with Crippen LogP contribution in [0, 0.1) is 0 Å². The van der Waals surface area contributed by atoms with Gasteiger partial charge < -0.3 is 9.47 Å². The van der Waals surface area contributed by atoms with E-state index in [-0.39, 0.29) is 5.56 Å². The van der Waals surface area contributed by atoms with Crippen LogP contribution < -0.4 is 9.47 Å². The van der Waals surface area contributed by atoms with E-state index in [2.05, 4.69) is 31.9 Å². The van der Waals surface area contributed by atoms with Crippen LogP contribution in [0.25, 0.3) is 0 Å². The second kappa shape index (κ2) is 4.68. The van der Waals surface area contributed by atoms with E-state index in [4.69, 9.17) is 9.47 Å². The maximum absolute atomic E-state index is 12.6. The van der Waals surface area contributed by atoms with E-state index in [9.17, 15) is 13.2 Å². The van der Waals surface area contributed by atoms with Crippen molar-refractivity contribution in [3.8, 4) is 11.5 Å². The number of fused-ring (bicyclic) bond motifs is 1. The van der Waals surface area contributed by atoms with E-state index >= 15 is 0 Å². The maximum Gasteiger partial charge on any atom is 0.405 e. The van der Waals surface area contributed by atoms with Gasteiger partial charge in [-0.15, -0.1) is 0 Å². The highest BCUT2D eigenvalue weighted by Gasteiger charge is 2.40. The quantitative estimate of drug-likeness (QED) is 0.684. The topological polar surface area (TPSA) is 18.5 Å². The monoisotopic (exact) mass is 374 g/mol. The molecule has 1 aliphatic heterocycles. The molecule has 0 radical (unpaired) electrons. The van der Waals surface area contributed by atoms with Crippen LogP contribution in [0.1, 0.15) is 10.4 Å². The minimum absolute atomic E-state index is 0.0711. The number of rotatable bonds is 1. The van der Waals surface area contributed by atoms with Gasteiger partial charge in [0.2, 0.25) is 0 Å². The Morgan fingerprint density at radius 3 is 2.18 bits per heavy atom. The molecule has 0 aromatic heterocycles. The Labute approximate surface area is 112 Å². The van der Waals surface area contributed by atoms with Crippen molar-refractivity contribution in [2.75, 3.05) is 13.2 Å². The second-order valence-corrected chi connectivity index (χ2v) is 5.19. The normalized spacial score (nSPS) is 16.8. The molecule has 0 bridgehead atoms. The zero-order valence-electron chi connectivity index (χ0n) is 8.35. The number of ether oxygens (including phenoxy) is 2. The van der Waals surface area contributed by atoms with Crippen LogP contribution in [0.15, 0.2) is 16.6 Å². The zero-order valence-corrected chi connectivity index (χ0v) is 11.5. The molecule has 94 valence electrons. The van der Waals surface area contributed by atoms with Gasteiger partial charge in [-0.25, -0.2) is 0 Å². The molecule has 1 aromatic carbocycles. The molecule has 7 heteroatoms. The Hall–Kier alpha value is -0.430. The molecule has 2 nitrogen and oxygen atoms in total. The number of hydrogen-bond donors (Lipinski definition) is 0. The number of halogens is 5. The highest BCUT2D eigenvalue weighted by atomic mass is 79.9. The highest BCUT2D eigenvalue weighted by Crippen LogP contribution is 2.46. The first-order valence-electron chi connectivity index (χ1n) is 4.69. The highest BCUT2D eigenvalue weighted by molar-refractivity contribution is 9.11. The van der Waals surface area contributed by atoms with E-state index in [1.54, 1.807) is 0 Å². The van der Waals surface area contributed by atoms with Gasteiger partial charge in [0.05, 0.1) is 0 Å². The largest absolute Gasteiger partial charge is 0.486 e. The number of hydrogen-bond acceptors (Lipinski definition) is 2. The first-order chi connectivity index (χ1) is 7.89. The Balaban J connectivity index is 2.41. The average molecular weight is 376 g/mol. The van der Waals surface area contributed by atoms with Gasteiger partial charge in [0, 0.05) is 4.47 Å². The van der Waals surface area contributed by atoms with Crippen molar-refractivity contribution in [2.45, 2.75) is 11.0 Å². The first kappa shape index (κ1) is 13.0. The van der Waals surface area contributed by atoms with Crippen molar-refractivity contribution in [2.24, 2.45) is 0 Å². The van der Waals surface area contributed by atoms with Crippen molar-refractivity contribution in [3.63, 3.8) is 0 Å². The third-order valence-corrected chi connectivity index (χ3v) is 3.92. The third kappa shape index (κ3) is 2.70. The Bertz CT molecular complexity index is 434. The molecule has 0 aliphatic carbocycles. The molecular formula is C10H7Br2F3O2. The second-order valence-electron chi connectivity index (χ2n) is 3.42. The van der Waals surface area contributed by atoms with Gasteiger partial charge in [-0.1, -0.05) is 31.9 Å². The van der Waals surface area contributed by atoms with E-state index in [1.165, 1.54) is 12.1 Å². The van der Waals surface area contributed by atoms with Crippen LogP contribution in [0.4, 0.5) is 13.2 Å². The van der Waals surface area contributed by atoms with Gasteiger partial charge in [0.25, 0.3) is 0 Å². The van der Waals surface area contributed by atoms with Gasteiger partial charge in [-0.2, -0.15) is 13.2 Å². The van der Waals surface area contributed by atoms with Gasteiger partial charge in [0.1, 0.15) is 18.0 Å². The van der Waals surface area contributed by atoms with Gasteiger partial charge in [-0.3, -0.25) is 0 Å². The van der Waals surface area contributed by atoms with Crippen molar-refractivity contribution in [1.82, 2.24) is 0 Å². The molecule has 17 heavy (non-hydrogen) atoms. The average Bonchev–Trinajstić information content (AvgIpc) is 2.26. The van der Waals surface area contributed by atoms with Crippen LogP contribution in [-0.4, -0.2) is 19.4 Å². The fourth-order valence-electron chi connectivity index (χ4n) is 1.45. The Kier molecular flexibility index (Phi) is 3.58. The minimum Gasteiger partial charge on any atom is -0.486 e. The molecule has 0 N–H and O–H groups in total. The summed E-state index contributed by atoms with van der Waals surface area (Å²) in [5.41, 5.74) is 0.0711. The molecule has 2 rings (SSSR count). The number of alkyl halides is 4. The van der Waals surface area contributed by atoms with Crippen molar-refractivity contribution in [1.29, 1.82) is 0 Å². The lowest BCUT2D eigenvalue weighted by Crippen LogP contribution is -2.18. The predicted octanol–water partition coefficient (Wildman–Crippen LogP) is 4.22. The molecule has 1 aliphatic rings. The van der Waals surface area contributed by atoms with Crippen LogP contribution in [0.2, 0.25) is 0 Å². The third-order valence-electron chi connectivity index (χ3n) is 2.22. The van der Waals surface area contributed by atoms with Gasteiger partial charge in [-0.05, 0) is 17.7 Å². The summed E-state index contributed by atoms with van der Waals surface area (Å²) in [4.78, 5) is -1.74. The first-order valence-corrected chi connectivity index (χ1v) is 6.40. The lowest BCUT2D eigenvalue weighted by atomic mass is 10.1. The van der Waals surface area contributed by atoms with Crippen LogP contribution in [-0.2, 0) is 0 Å². The van der Waals surface area contributed by atoms with Gasteiger partial charge >= 0.3 is 6.18 Å². The summed E-state index contributed by atoms with van der Waals surface area (Å²) >= 11 is 5.74. The fourth-order valence-corrected chi connectivity index (χ4v) is 2.69. The lowest BCUT2D eigenvalue weighted by Gasteiger charge is -2.22. The molecule has 0 fully saturated rings. The molecule has 0 amide bonds. The Morgan fingerprint density at radius 1 is 1.12 bits per heavy atom. The minimum atomic E-state index is -4.35. The molecule has 1 unspecified atom stereocenters. The summed E-state index contributed by atoms with van der Waals surface area (Å²) in [6.45, 7) is 0.739. The predicted molar refractivity (Wildman–Crippen MR) is 62.9 cm³/mol. The zero-order chi connectivity index (χ0) is 12.6. The molecule has 0 saturated heterocycles. The molecule has 1 atom stereocenters. The Morgan fingerprint density at radius 2 is 1.65 bits per heavy atom. The van der Waals surface area contributed by atoms with Crippen molar-refractivity contribution >= 4 is 31.9 Å². The number of benzene rings is 1. The lowest BCUT2D eigenvalue weighted by molar-refractivity contribution is -0.128. The molecule has 1 heterocycles. The molecule has 1 aromatic rings. The summed E-state index contributed by atoms with van der Waals surface area (Å²) in [6.07, 6.45) is -4.35. The van der Waals surface area contributed by atoms with Crippen LogP contribution in [0.3, 0.4) is 0 Å². The van der Waals surface area contributed by atoms with E-state index in [0.717, 1.165) is 0 Å². The van der Waals surface area contributed by atoms with Crippen molar-refractivity contribution in [3.05, 3.63) is 22.2 Å². The van der Waals surface area contributed by atoms with Crippen LogP contribution >= 0.6 is 31.9 Å². The standard InChI is InChI=1S/C10H7Br2F3O2/c11-6-4-8-7(16-1-2-17-8)3-5(6)9(12)10(13,14)15/h3-4,9H,1-2H2. The van der Waals surface area contributed by atoms with Crippen LogP contribution in [0.5, 0.6) is 11.5 Å². The van der Waals surface area contributed by atoms with E-state index in [0.29, 0.717) is 29.2 Å². The summed E-state index contributed by atoms with van der Waals surface area (Å²) in [5.74, 6) is 0.789. The molecule has 0 spiro atoms. The summed E-state index contributed by atoms with van der Waals surface area (Å²) < 4.78 is 48.7. The van der Waals surface area contributed by atoms with E-state index in [1.807, 2.05) is 0 Å². The fraction of sp³-hybridized carbons (Fsp3) is 0.400. The van der Waals surface area contributed by atoms with Gasteiger partial charge in [0.15, 0.2) is 11.5 Å². The van der Waals surface area contributed by atoms with E-state index < -0.39 is 11.0 Å². The summed E-state index contributed by atoms with van der Waals surface area (Å²) in [7, 11) is 0. The smallest absolute Gasteiger partial charge is 0.405 e. The maximum atomic E-state index is 12.6.